The molecule has 1 unspecified atom stereocenters. The highest BCUT2D eigenvalue weighted by Gasteiger charge is 2.25. The maximum atomic E-state index is 3.54. The summed E-state index contributed by atoms with van der Waals surface area (Å²) in [6, 6.07) is 0. The third-order valence-corrected chi connectivity index (χ3v) is 2.42. The van der Waals surface area contributed by atoms with Gasteiger partial charge < -0.3 is 5.32 Å². The predicted molar refractivity (Wildman–Crippen MR) is 49.7 cm³/mol. The van der Waals surface area contributed by atoms with Crippen LogP contribution in [0.4, 0.5) is 0 Å². The SMILES string of the molecule is CC(C)=CCC1(C)CCCN1. The summed E-state index contributed by atoms with van der Waals surface area (Å²) in [5.41, 5.74) is 1.83. The van der Waals surface area contributed by atoms with E-state index in [0.717, 1.165) is 0 Å². The average Bonchev–Trinajstić information content (AvgIpc) is 2.33. The summed E-state index contributed by atoms with van der Waals surface area (Å²) in [6.07, 6.45) is 6.19. The summed E-state index contributed by atoms with van der Waals surface area (Å²) in [4.78, 5) is 0. The quantitative estimate of drug-likeness (QED) is 0.601. The van der Waals surface area contributed by atoms with Crippen LogP contribution in [0.15, 0.2) is 11.6 Å². The highest BCUT2D eigenvalue weighted by atomic mass is 15.0. The Morgan fingerprint density at radius 1 is 1.55 bits per heavy atom. The molecular weight excluding hydrogens is 134 g/mol. The average molecular weight is 153 g/mol. The van der Waals surface area contributed by atoms with Gasteiger partial charge in [-0.05, 0) is 46.6 Å². The number of hydrogen-bond acceptors (Lipinski definition) is 1. The molecule has 0 saturated carbocycles. The maximum absolute atomic E-state index is 3.54. The van der Waals surface area contributed by atoms with Crippen LogP contribution >= 0.6 is 0 Å². The molecule has 64 valence electrons. The Kier molecular flexibility index (Phi) is 2.72. The van der Waals surface area contributed by atoms with E-state index in [-0.39, 0.29) is 0 Å². The first kappa shape index (κ1) is 8.79. The van der Waals surface area contributed by atoms with Crippen molar-refractivity contribution in [2.75, 3.05) is 6.54 Å². The van der Waals surface area contributed by atoms with Gasteiger partial charge in [0.2, 0.25) is 0 Å². The monoisotopic (exact) mass is 153 g/mol. The van der Waals surface area contributed by atoms with Gasteiger partial charge in [-0.15, -0.1) is 0 Å². The van der Waals surface area contributed by atoms with Crippen molar-refractivity contribution in [3.63, 3.8) is 0 Å². The molecule has 0 aliphatic carbocycles. The number of allylic oxidation sites excluding steroid dienone is 1. The van der Waals surface area contributed by atoms with E-state index in [1.54, 1.807) is 0 Å². The fourth-order valence-corrected chi connectivity index (χ4v) is 1.56. The van der Waals surface area contributed by atoms with Gasteiger partial charge in [-0.1, -0.05) is 11.6 Å². The van der Waals surface area contributed by atoms with Crippen LogP contribution in [-0.2, 0) is 0 Å². The van der Waals surface area contributed by atoms with E-state index in [0.29, 0.717) is 5.54 Å². The van der Waals surface area contributed by atoms with Gasteiger partial charge in [0, 0.05) is 5.54 Å². The molecule has 1 saturated heterocycles. The summed E-state index contributed by atoms with van der Waals surface area (Å²) in [5.74, 6) is 0. The Balaban J connectivity index is 2.40. The molecule has 0 amide bonds. The highest BCUT2D eigenvalue weighted by Crippen LogP contribution is 2.22. The molecule has 1 heterocycles. The van der Waals surface area contributed by atoms with E-state index in [9.17, 15) is 0 Å². The van der Waals surface area contributed by atoms with Crippen LogP contribution in [0.5, 0.6) is 0 Å². The largest absolute Gasteiger partial charge is 0.311 e. The number of hydrogen-bond donors (Lipinski definition) is 1. The van der Waals surface area contributed by atoms with Crippen LogP contribution in [0.2, 0.25) is 0 Å². The van der Waals surface area contributed by atoms with Crippen molar-refractivity contribution in [2.45, 2.75) is 45.6 Å². The third-order valence-electron chi connectivity index (χ3n) is 2.42. The van der Waals surface area contributed by atoms with E-state index >= 15 is 0 Å². The van der Waals surface area contributed by atoms with Crippen LogP contribution < -0.4 is 5.32 Å². The smallest absolute Gasteiger partial charge is 0.0188 e. The van der Waals surface area contributed by atoms with Gasteiger partial charge in [-0.3, -0.25) is 0 Å². The molecule has 1 aliphatic heterocycles. The van der Waals surface area contributed by atoms with Crippen LogP contribution in [0.1, 0.15) is 40.0 Å². The van der Waals surface area contributed by atoms with Crippen LogP contribution in [0.25, 0.3) is 0 Å². The second kappa shape index (κ2) is 3.40. The Morgan fingerprint density at radius 2 is 2.27 bits per heavy atom. The van der Waals surface area contributed by atoms with Crippen LogP contribution in [0.3, 0.4) is 0 Å². The minimum Gasteiger partial charge on any atom is -0.311 e. The Labute approximate surface area is 69.9 Å². The molecule has 1 rings (SSSR count). The van der Waals surface area contributed by atoms with E-state index in [1.807, 2.05) is 0 Å². The molecule has 11 heavy (non-hydrogen) atoms. The summed E-state index contributed by atoms with van der Waals surface area (Å²) in [5, 5.41) is 3.54. The van der Waals surface area contributed by atoms with Gasteiger partial charge in [-0.25, -0.2) is 0 Å². The number of rotatable bonds is 2. The lowest BCUT2D eigenvalue weighted by atomic mass is 9.95. The molecule has 1 nitrogen and oxygen atoms in total. The van der Waals surface area contributed by atoms with Gasteiger partial charge in [0.05, 0.1) is 0 Å². The number of nitrogens with one attached hydrogen (secondary N) is 1. The van der Waals surface area contributed by atoms with Gasteiger partial charge in [0.1, 0.15) is 0 Å². The van der Waals surface area contributed by atoms with Crippen molar-refractivity contribution in [3.8, 4) is 0 Å². The topological polar surface area (TPSA) is 12.0 Å². The van der Waals surface area contributed by atoms with Crippen molar-refractivity contribution in [2.24, 2.45) is 0 Å². The molecule has 1 N–H and O–H groups in total. The standard InChI is InChI=1S/C10H19N/c1-9(2)5-7-10(3)6-4-8-11-10/h5,11H,4,6-8H2,1-3H3. The molecule has 1 fully saturated rings. The van der Waals surface area contributed by atoms with Crippen molar-refractivity contribution < 1.29 is 0 Å². The minimum atomic E-state index is 0.400. The maximum Gasteiger partial charge on any atom is 0.0188 e. The van der Waals surface area contributed by atoms with Gasteiger partial charge in [-0.2, -0.15) is 0 Å². The molecule has 1 atom stereocenters. The van der Waals surface area contributed by atoms with Crippen LogP contribution in [0, 0.1) is 0 Å². The van der Waals surface area contributed by atoms with E-state index in [4.69, 9.17) is 0 Å². The fourth-order valence-electron chi connectivity index (χ4n) is 1.56. The first-order valence-electron chi connectivity index (χ1n) is 4.51. The summed E-state index contributed by atoms with van der Waals surface area (Å²) in [7, 11) is 0. The zero-order valence-corrected chi connectivity index (χ0v) is 7.91. The lowest BCUT2D eigenvalue weighted by Gasteiger charge is -2.22. The summed E-state index contributed by atoms with van der Waals surface area (Å²) in [6.45, 7) is 7.85. The molecule has 0 bridgehead atoms. The first-order valence-corrected chi connectivity index (χ1v) is 4.51. The van der Waals surface area contributed by atoms with Gasteiger partial charge >= 0.3 is 0 Å². The van der Waals surface area contributed by atoms with Gasteiger partial charge in [0.25, 0.3) is 0 Å². The third kappa shape index (κ3) is 2.66. The highest BCUT2D eigenvalue weighted by molar-refractivity contribution is 5.01. The normalized spacial score (nSPS) is 30.5. The lowest BCUT2D eigenvalue weighted by Crippen LogP contribution is -2.35. The molecule has 0 aromatic rings. The molecule has 0 aromatic carbocycles. The first-order chi connectivity index (χ1) is 5.12. The molecule has 0 aromatic heterocycles. The van der Waals surface area contributed by atoms with Crippen molar-refractivity contribution in [3.05, 3.63) is 11.6 Å². The summed E-state index contributed by atoms with van der Waals surface area (Å²) < 4.78 is 0. The zero-order chi connectivity index (χ0) is 8.32. The molecule has 0 spiro atoms. The van der Waals surface area contributed by atoms with E-state index in [1.165, 1.54) is 31.4 Å². The predicted octanol–water partition coefficient (Wildman–Crippen LogP) is 2.48. The van der Waals surface area contributed by atoms with E-state index in [2.05, 4.69) is 32.2 Å². The lowest BCUT2D eigenvalue weighted by molar-refractivity contribution is 0.419. The molecule has 0 radical (unpaired) electrons. The Morgan fingerprint density at radius 3 is 2.73 bits per heavy atom. The van der Waals surface area contributed by atoms with Crippen LogP contribution in [-0.4, -0.2) is 12.1 Å². The molecule has 1 aliphatic rings. The molecular formula is C10H19N. The molecule has 1 heteroatoms. The zero-order valence-electron chi connectivity index (χ0n) is 7.91. The fraction of sp³-hybridized carbons (Fsp3) is 0.800. The van der Waals surface area contributed by atoms with Crippen molar-refractivity contribution in [1.82, 2.24) is 5.32 Å². The second-order valence-corrected chi connectivity index (χ2v) is 4.08. The van der Waals surface area contributed by atoms with E-state index < -0.39 is 0 Å². The minimum absolute atomic E-state index is 0.400. The van der Waals surface area contributed by atoms with Gasteiger partial charge in [0.15, 0.2) is 0 Å². The summed E-state index contributed by atoms with van der Waals surface area (Å²) >= 11 is 0. The van der Waals surface area contributed by atoms with Crippen molar-refractivity contribution >= 4 is 0 Å². The second-order valence-electron chi connectivity index (χ2n) is 4.08. The van der Waals surface area contributed by atoms with Crippen molar-refractivity contribution in [1.29, 1.82) is 0 Å². The Bertz CT molecular complexity index is 148. The Hall–Kier alpha value is -0.300.